The Morgan fingerprint density at radius 3 is 2.84 bits per heavy atom. The van der Waals surface area contributed by atoms with Crippen LogP contribution < -0.4 is 4.74 Å². The number of rotatable bonds is 3. The number of methoxy groups -OCH3 is 1. The van der Waals surface area contributed by atoms with Crippen molar-refractivity contribution in [1.29, 1.82) is 0 Å². The van der Waals surface area contributed by atoms with Crippen LogP contribution in [0.4, 0.5) is 4.39 Å². The summed E-state index contributed by atoms with van der Waals surface area (Å²) < 4.78 is 23.8. The van der Waals surface area contributed by atoms with Crippen molar-refractivity contribution in [2.24, 2.45) is 0 Å². The normalized spacial score (nSPS) is 10.5. The second-order valence-corrected chi connectivity index (χ2v) is 4.09. The van der Waals surface area contributed by atoms with Crippen LogP contribution in [0.2, 0.25) is 5.02 Å². The Morgan fingerprint density at radius 2 is 2.21 bits per heavy atom. The number of halogens is 2. The number of hydrogen-bond acceptors (Lipinski definition) is 4. The Hall–Kier alpha value is -1.88. The van der Waals surface area contributed by atoms with Crippen LogP contribution in [-0.2, 0) is 4.74 Å². The maximum atomic E-state index is 13.9. The van der Waals surface area contributed by atoms with Crippen molar-refractivity contribution < 1.29 is 18.7 Å². The molecule has 1 heterocycles. The Kier molecular flexibility index (Phi) is 3.85. The first-order chi connectivity index (χ1) is 9.08. The van der Waals surface area contributed by atoms with E-state index in [0.29, 0.717) is 6.61 Å². The highest BCUT2D eigenvalue weighted by molar-refractivity contribution is 6.35. The van der Waals surface area contributed by atoms with Gasteiger partial charge in [-0.15, -0.1) is 0 Å². The number of esters is 1. The van der Waals surface area contributed by atoms with Gasteiger partial charge in [0.05, 0.1) is 29.6 Å². The van der Waals surface area contributed by atoms with Gasteiger partial charge < -0.3 is 9.47 Å². The average molecular weight is 284 g/mol. The molecule has 4 nitrogen and oxygen atoms in total. The average Bonchev–Trinajstić information content (AvgIpc) is 2.42. The molecule has 0 aliphatic heterocycles. The smallest absolute Gasteiger partial charge is 0.356 e. The lowest BCUT2D eigenvalue weighted by atomic mass is 10.1. The lowest BCUT2D eigenvalue weighted by Gasteiger charge is -2.10. The summed E-state index contributed by atoms with van der Waals surface area (Å²) in [7, 11) is 1.24. The number of benzene rings is 1. The van der Waals surface area contributed by atoms with Crippen LogP contribution in [0.15, 0.2) is 18.2 Å². The summed E-state index contributed by atoms with van der Waals surface area (Å²) in [6.45, 7) is 2.08. The maximum Gasteiger partial charge on any atom is 0.356 e. The molecule has 1 aromatic heterocycles. The molecule has 19 heavy (non-hydrogen) atoms. The van der Waals surface area contributed by atoms with Crippen LogP contribution in [0, 0.1) is 5.82 Å². The number of fused-ring (bicyclic) bond motifs is 1. The zero-order chi connectivity index (χ0) is 14.0. The molecular weight excluding hydrogens is 273 g/mol. The van der Waals surface area contributed by atoms with Crippen molar-refractivity contribution in [3.8, 4) is 5.75 Å². The molecule has 0 bridgehead atoms. The molecule has 0 amide bonds. The standard InChI is InChI=1S/C13H11ClFNO3/c1-3-19-10-6-9(13(17)18-2)16-12-7(14)4-5-8(15)11(10)12/h4-6H,3H2,1-2H3. The van der Waals surface area contributed by atoms with E-state index in [-0.39, 0.29) is 27.4 Å². The largest absolute Gasteiger partial charge is 0.493 e. The van der Waals surface area contributed by atoms with Crippen LogP contribution in [0.5, 0.6) is 5.75 Å². The van der Waals surface area contributed by atoms with Crippen molar-refractivity contribution in [3.63, 3.8) is 0 Å². The third-order valence-corrected chi connectivity index (χ3v) is 2.82. The predicted molar refractivity (Wildman–Crippen MR) is 69.2 cm³/mol. The molecule has 100 valence electrons. The van der Waals surface area contributed by atoms with E-state index < -0.39 is 11.8 Å². The van der Waals surface area contributed by atoms with Crippen LogP contribution in [0.3, 0.4) is 0 Å². The van der Waals surface area contributed by atoms with Gasteiger partial charge in [0.2, 0.25) is 0 Å². The van der Waals surface area contributed by atoms with E-state index in [2.05, 4.69) is 9.72 Å². The van der Waals surface area contributed by atoms with Crippen LogP contribution in [-0.4, -0.2) is 24.7 Å². The van der Waals surface area contributed by atoms with Gasteiger partial charge in [-0.05, 0) is 19.1 Å². The van der Waals surface area contributed by atoms with Gasteiger partial charge in [0.1, 0.15) is 11.6 Å². The zero-order valence-corrected chi connectivity index (χ0v) is 11.1. The molecular formula is C13H11ClFNO3. The van der Waals surface area contributed by atoms with Crippen LogP contribution in [0.25, 0.3) is 10.9 Å². The topological polar surface area (TPSA) is 48.4 Å². The van der Waals surface area contributed by atoms with E-state index in [9.17, 15) is 9.18 Å². The molecule has 0 saturated carbocycles. The van der Waals surface area contributed by atoms with E-state index in [0.717, 1.165) is 0 Å². The summed E-state index contributed by atoms with van der Waals surface area (Å²) in [5.41, 5.74) is 0.193. The minimum Gasteiger partial charge on any atom is -0.493 e. The lowest BCUT2D eigenvalue weighted by Crippen LogP contribution is -2.06. The molecule has 0 unspecified atom stereocenters. The monoisotopic (exact) mass is 283 g/mol. The quantitative estimate of drug-likeness (QED) is 0.812. The molecule has 0 atom stereocenters. The Bertz CT molecular complexity index is 645. The predicted octanol–water partition coefficient (Wildman–Crippen LogP) is 3.21. The van der Waals surface area contributed by atoms with Crippen molar-refractivity contribution >= 4 is 28.5 Å². The van der Waals surface area contributed by atoms with Crippen molar-refractivity contribution in [2.75, 3.05) is 13.7 Å². The highest BCUT2D eigenvalue weighted by Crippen LogP contribution is 2.32. The summed E-state index contributed by atoms with van der Waals surface area (Å²) in [5, 5.41) is 0.394. The van der Waals surface area contributed by atoms with Gasteiger partial charge in [-0.1, -0.05) is 11.6 Å². The Labute approximate surface area is 114 Å². The molecule has 0 N–H and O–H groups in total. The SMILES string of the molecule is CCOc1cc(C(=O)OC)nc2c(Cl)ccc(F)c12. The maximum absolute atomic E-state index is 13.9. The second-order valence-electron chi connectivity index (χ2n) is 3.68. The number of nitrogens with zero attached hydrogens (tertiary/aromatic N) is 1. The third kappa shape index (κ3) is 2.46. The van der Waals surface area contributed by atoms with E-state index in [1.807, 2.05) is 0 Å². The Morgan fingerprint density at radius 1 is 1.47 bits per heavy atom. The summed E-state index contributed by atoms with van der Waals surface area (Å²) >= 11 is 5.98. The van der Waals surface area contributed by atoms with Gasteiger partial charge >= 0.3 is 5.97 Å². The zero-order valence-electron chi connectivity index (χ0n) is 10.4. The fraction of sp³-hybridized carbons (Fsp3) is 0.231. The molecule has 0 radical (unpaired) electrons. The number of hydrogen-bond donors (Lipinski definition) is 0. The molecule has 2 aromatic rings. The summed E-state index contributed by atoms with van der Waals surface area (Å²) in [5.74, 6) is -0.928. The number of carbonyl (C=O) groups is 1. The molecule has 2 rings (SSSR count). The summed E-state index contributed by atoms with van der Waals surface area (Å²) in [6.07, 6.45) is 0. The molecule has 0 spiro atoms. The van der Waals surface area contributed by atoms with Crippen LogP contribution >= 0.6 is 11.6 Å². The number of pyridine rings is 1. The van der Waals surface area contributed by atoms with Gasteiger partial charge in [-0.25, -0.2) is 14.2 Å². The minimum absolute atomic E-state index is 0.0194. The molecule has 0 saturated heterocycles. The van der Waals surface area contributed by atoms with Gasteiger partial charge in [0.15, 0.2) is 5.69 Å². The first-order valence-electron chi connectivity index (χ1n) is 5.58. The van der Waals surface area contributed by atoms with Crippen molar-refractivity contribution in [3.05, 3.63) is 34.7 Å². The van der Waals surface area contributed by atoms with Crippen LogP contribution in [0.1, 0.15) is 17.4 Å². The molecule has 0 fully saturated rings. The van der Waals surface area contributed by atoms with Gasteiger partial charge in [0.25, 0.3) is 0 Å². The molecule has 6 heteroatoms. The van der Waals surface area contributed by atoms with Gasteiger partial charge in [0, 0.05) is 6.07 Å². The summed E-state index contributed by atoms with van der Waals surface area (Å²) in [4.78, 5) is 15.6. The van der Waals surface area contributed by atoms with E-state index >= 15 is 0 Å². The highest BCUT2D eigenvalue weighted by Gasteiger charge is 2.17. The van der Waals surface area contributed by atoms with Crippen molar-refractivity contribution in [1.82, 2.24) is 4.98 Å². The van der Waals surface area contributed by atoms with E-state index in [1.54, 1.807) is 6.92 Å². The summed E-state index contributed by atoms with van der Waals surface area (Å²) in [6, 6.07) is 3.95. The van der Waals surface area contributed by atoms with E-state index in [4.69, 9.17) is 16.3 Å². The van der Waals surface area contributed by atoms with Gasteiger partial charge in [-0.3, -0.25) is 0 Å². The first kappa shape index (κ1) is 13.5. The fourth-order valence-electron chi connectivity index (χ4n) is 1.71. The molecule has 0 aliphatic carbocycles. The first-order valence-corrected chi connectivity index (χ1v) is 5.96. The van der Waals surface area contributed by atoms with Crippen molar-refractivity contribution in [2.45, 2.75) is 6.92 Å². The number of aromatic nitrogens is 1. The number of carbonyl (C=O) groups excluding carboxylic acids is 1. The van der Waals surface area contributed by atoms with E-state index in [1.165, 1.54) is 25.3 Å². The molecule has 1 aromatic carbocycles. The minimum atomic E-state index is -0.636. The highest BCUT2D eigenvalue weighted by atomic mass is 35.5. The third-order valence-electron chi connectivity index (χ3n) is 2.52. The van der Waals surface area contributed by atoms with Gasteiger partial charge in [-0.2, -0.15) is 0 Å². The lowest BCUT2D eigenvalue weighted by molar-refractivity contribution is 0.0594. The fourth-order valence-corrected chi connectivity index (χ4v) is 1.91. The second kappa shape index (κ2) is 5.40. The Balaban J connectivity index is 2.79. The molecule has 0 aliphatic rings. The number of ether oxygens (including phenoxy) is 2.